The van der Waals surface area contributed by atoms with Gasteiger partial charge in [0.2, 0.25) is 5.91 Å². The van der Waals surface area contributed by atoms with E-state index < -0.39 is 0 Å². The molecule has 1 amide bonds. The maximum Gasteiger partial charge on any atom is 0.234 e. The maximum absolute atomic E-state index is 12.1. The largest absolute Gasteiger partial charge is 0.496 e. The quantitative estimate of drug-likeness (QED) is 0.747. The molecule has 2 aromatic rings. The normalized spacial score (nSPS) is 10.4. The summed E-state index contributed by atoms with van der Waals surface area (Å²) in [5, 5.41) is 2.91. The molecule has 4 nitrogen and oxygen atoms in total. The van der Waals surface area contributed by atoms with E-state index in [1.165, 1.54) is 24.2 Å². The number of carbonyl (C=O) groups is 2. The van der Waals surface area contributed by atoms with Gasteiger partial charge in [-0.15, -0.1) is 11.8 Å². The predicted molar refractivity (Wildman–Crippen MR) is 104 cm³/mol. The third kappa shape index (κ3) is 5.36. The molecule has 0 radical (unpaired) electrons. The molecule has 0 aliphatic rings. The van der Waals surface area contributed by atoms with Crippen molar-refractivity contribution in [1.82, 2.24) is 0 Å². The van der Waals surface area contributed by atoms with Gasteiger partial charge in [-0.3, -0.25) is 9.59 Å². The van der Waals surface area contributed by atoms with Crippen LogP contribution in [-0.4, -0.2) is 24.6 Å². The van der Waals surface area contributed by atoms with E-state index in [1.54, 1.807) is 19.2 Å². The standard InChI is InChI=1S/C20H23NO3S/c1-13-5-7-18(9-14(13)2)21-20(23)12-25-11-17-10-16(15(3)22)6-8-19(17)24-4/h5-10H,11-12H2,1-4H3,(H,21,23). The van der Waals surface area contributed by atoms with Gasteiger partial charge in [0, 0.05) is 22.6 Å². The molecule has 0 fully saturated rings. The van der Waals surface area contributed by atoms with Crippen LogP contribution < -0.4 is 10.1 Å². The molecular formula is C20H23NO3S. The zero-order valence-corrected chi connectivity index (χ0v) is 15.8. The lowest BCUT2D eigenvalue weighted by Crippen LogP contribution is -2.14. The first-order valence-corrected chi connectivity index (χ1v) is 9.19. The third-order valence-corrected chi connectivity index (χ3v) is 4.95. The second kappa shape index (κ2) is 8.72. The van der Waals surface area contributed by atoms with Gasteiger partial charge in [-0.25, -0.2) is 0 Å². The second-order valence-electron chi connectivity index (χ2n) is 5.92. The van der Waals surface area contributed by atoms with Gasteiger partial charge in [-0.05, 0) is 62.2 Å². The van der Waals surface area contributed by atoms with Crippen LogP contribution in [0.4, 0.5) is 5.69 Å². The number of nitrogens with one attached hydrogen (secondary N) is 1. The van der Waals surface area contributed by atoms with Gasteiger partial charge in [-0.2, -0.15) is 0 Å². The van der Waals surface area contributed by atoms with E-state index in [4.69, 9.17) is 4.74 Å². The highest BCUT2D eigenvalue weighted by Gasteiger charge is 2.09. The summed E-state index contributed by atoms with van der Waals surface area (Å²) in [6, 6.07) is 11.2. The Balaban J connectivity index is 1.93. The number of rotatable bonds is 7. The van der Waals surface area contributed by atoms with Crippen molar-refractivity contribution in [2.75, 3.05) is 18.2 Å². The van der Waals surface area contributed by atoms with Crippen molar-refractivity contribution in [3.63, 3.8) is 0 Å². The molecule has 5 heteroatoms. The highest BCUT2D eigenvalue weighted by atomic mass is 32.2. The van der Waals surface area contributed by atoms with Crippen LogP contribution in [0.2, 0.25) is 0 Å². The van der Waals surface area contributed by atoms with Crippen LogP contribution in [0.1, 0.15) is 34.0 Å². The van der Waals surface area contributed by atoms with E-state index in [9.17, 15) is 9.59 Å². The van der Waals surface area contributed by atoms with Crippen LogP contribution in [-0.2, 0) is 10.5 Å². The first-order valence-electron chi connectivity index (χ1n) is 8.03. The summed E-state index contributed by atoms with van der Waals surface area (Å²) in [4.78, 5) is 23.6. The van der Waals surface area contributed by atoms with Crippen molar-refractivity contribution in [3.8, 4) is 5.75 Å². The summed E-state index contributed by atoms with van der Waals surface area (Å²) in [5.41, 5.74) is 4.72. The molecule has 132 valence electrons. The Morgan fingerprint density at radius 2 is 1.84 bits per heavy atom. The number of hydrogen-bond acceptors (Lipinski definition) is 4. The Bertz CT molecular complexity index is 787. The molecule has 0 aromatic heterocycles. The number of aryl methyl sites for hydroxylation is 2. The summed E-state index contributed by atoms with van der Waals surface area (Å²) >= 11 is 1.49. The van der Waals surface area contributed by atoms with Crippen molar-refractivity contribution in [2.24, 2.45) is 0 Å². The van der Waals surface area contributed by atoms with Gasteiger partial charge in [-0.1, -0.05) is 6.07 Å². The van der Waals surface area contributed by atoms with Gasteiger partial charge in [0.25, 0.3) is 0 Å². The van der Waals surface area contributed by atoms with Gasteiger partial charge < -0.3 is 10.1 Å². The Morgan fingerprint density at radius 3 is 2.48 bits per heavy atom. The van der Waals surface area contributed by atoms with Gasteiger partial charge >= 0.3 is 0 Å². The van der Waals surface area contributed by atoms with E-state index in [2.05, 4.69) is 5.32 Å². The van der Waals surface area contributed by atoms with Gasteiger partial charge in [0.05, 0.1) is 12.9 Å². The Morgan fingerprint density at radius 1 is 1.08 bits per heavy atom. The fraction of sp³-hybridized carbons (Fsp3) is 0.300. The van der Waals surface area contributed by atoms with Crippen molar-refractivity contribution in [3.05, 3.63) is 58.7 Å². The van der Waals surface area contributed by atoms with Gasteiger partial charge in [0.15, 0.2) is 5.78 Å². The molecule has 2 aromatic carbocycles. The molecule has 0 saturated heterocycles. The Labute approximate surface area is 153 Å². The minimum Gasteiger partial charge on any atom is -0.496 e. The van der Waals surface area contributed by atoms with Crippen LogP contribution in [0.15, 0.2) is 36.4 Å². The molecule has 0 aliphatic heterocycles. The average molecular weight is 357 g/mol. The summed E-state index contributed by atoms with van der Waals surface area (Å²) < 4.78 is 5.33. The predicted octanol–water partition coefficient (Wildman–Crippen LogP) is 4.39. The number of ether oxygens (including phenoxy) is 1. The third-order valence-electron chi connectivity index (χ3n) is 3.97. The molecule has 0 heterocycles. The fourth-order valence-electron chi connectivity index (χ4n) is 2.38. The zero-order valence-electron chi connectivity index (χ0n) is 15.0. The van der Waals surface area contributed by atoms with Crippen molar-refractivity contribution >= 4 is 29.1 Å². The first-order chi connectivity index (χ1) is 11.9. The van der Waals surface area contributed by atoms with Crippen molar-refractivity contribution < 1.29 is 14.3 Å². The van der Waals surface area contributed by atoms with Crippen molar-refractivity contribution in [1.29, 1.82) is 0 Å². The van der Waals surface area contributed by atoms with E-state index >= 15 is 0 Å². The lowest BCUT2D eigenvalue weighted by Gasteiger charge is -2.10. The summed E-state index contributed by atoms with van der Waals surface area (Å²) in [6.45, 7) is 5.60. The number of thioether (sulfide) groups is 1. The summed E-state index contributed by atoms with van der Waals surface area (Å²) in [7, 11) is 1.60. The fourth-order valence-corrected chi connectivity index (χ4v) is 3.19. The van der Waals surface area contributed by atoms with E-state index in [1.807, 2.05) is 38.1 Å². The van der Waals surface area contributed by atoms with E-state index in [0.717, 1.165) is 22.6 Å². The average Bonchev–Trinajstić information content (AvgIpc) is 2.58. The van der Waals surface area contributed by atoms with Crippen LogP contribution in [0.5, 0.6) is 5.75 Å². The van der Waals surface area contributed by atoms with Crippen LogP contribution >= 0.6 is 11.8 Å². The SMILES string of the molecule is COc1ccc(C(C)=O)cc1CSCC(=O)Nc1ccc(C)c(C)c1. The van der Waals surface area contributed by atoms with Crippen LogP contribution in [0.25, 0.3) is 0 Å². The number of methoxy groups -OCH3 is 1. The molecule has 0 saturated carbocycles. The van der Waals surface area contributed by atoms with Crippen LogP contribution in [0.3, 0.4) is 0 Å². The molecule has 25 heavy (non-hydrogen) atoms. The molecule has 0 bridgehead atoms. The van der Waals surface area contributed by atoms with Crippen molar-refractivity contribution in [2.45, 2.75) is 26.5 Å². The number of hydrogen-bond donors (Lipinski definition) is 1. The first kappa shape index (κ1) is 19.1. The molecule has 1 N–H and O–H groups in total. The lowest BCUT2D eigenvalue weighted by atomic mass is 10.1. The summed E-state index contributed by atoms with van der Waals surface area (Å²) in [6.07, 6.45) is 0. The number of ketones is 1. The lowest BCUT2D eigenvalue weighted by molar-refractivity contribution is -0.113. The minimum atomic E-state index is -0.0463. The number of carbonyl (C=O) groups excluding carboxylic acids is 2. The molecule has 0 spiro atoms. The Hall–Kier alpha value is -2.27. The number of benzene rings is 2. The van der Waals surface area contributed by atoms with E-state index in [0.29, 0.717) is 17.1 Å². The number of anilines is 1. The highest BCUT2D eigenvalue weighted by Crippen LogP contribution is 2.25. The highest BCUT2D eigenvalue weighted by molar-refractivity contribution is 7.99. The molecule has 0 aliphatic carbocycles. The molecule has 0 unspecified atom stereocenters. The molecule has 2 rings (SSSR count). The minimum absolute atomic E-state index is 0.0152. The molecule has 0 atom stereocenters. The summed E-state index contributed by atoms with van der Waals surface area (Å²) in [5.74, 6) is 1.63. The van der Waals surface area contributed by atoms with E-state index in [-0.39, 0.29) is 11.7 Å². The number of Topliss-reactive ketones (excluding diaryl/α,β-unsaturated/α-hetero) is 1. The Kier molecular flexibility index (Phi) is 6.65. The zero-order chi connectivity index (χ0) is 18.4. The van der Waals surface area contributed by atoms with Gasteiger partial charge in [0.1, 0.15) is 5.75 Å². The van der Waals surface area contributed by atoms with Crippen LogP contribution in [0, 0.1) is 13.8 Å². The monoisotopic (exact) mass is 357 g/mol. The topological polar surface area (TPSA) is 55.4 Å². The molecular weight excluding hydrogens is 334 g/mol. The maximum atomic E-state index is 12.1. The number of amides is 1. The second-order valence-corrected chi connectivity index (χ2v) is 6.91. The smallest absolute Gasteiger partial charge is 0.234 e.